The van der Waals surface area contributed by atoms with E-state index in [2.05, 4.69) is 0 Å². The Kier molecular flexibility index (Phi) is 5.81. The first-order chi connectivity index (χ1) is 14.2. The predicted octanol–water partition coefficient (Wildman–Crippen LogP) is 2.75. The average Bonchev–Trinajstić information content (AvgIpc) is 2.71. The molecule has 156 valence electrons. The molecule has 0 aliphatic carbocycles. The fourth-order valence-electron chi connectivity index (χ4n) is 3.02. The summed E-state index contributed by atoms with van der Waals surface area (Å²) in [6, 6.07) is 8.97. The number of ketones is 1. The number of nitrogens with zero attached hydrogens (tertiary/aromatic N) is 2. The van der Waals surface area contributed by atoms with Crippen LogP contribution in [0.25, 0.3) is 0 Å². The van der Waals surface area contributed by atoms with Gasteiger partial charge in [0.15, 0.2) is 12.7 Å². The Bertz CT molecular complexity index is 1050. The van der Waals surface area contributed by atoms with Gasteiger partial charge < -0.3 is 9.47 Å². The number of rotatable bonds is 6. The standard InChI is InChI=1S/C21H20N2O7/c1-12-4-5-15(8-13(12)2)21(26)14(3)30-20(25)10-22-17-9-16(23(27)28)6-7-18(17)29-11-19(22)24/h4-9,14H,10-11H2,1-3H3/t14-/m0/s1. The van der Waals surface area contributed by atoms with Gasteiger partial charge in [0.25, 0.3) is 11.6 Å². The second-order valence-corrected chi connectivity index (χ2v) is 6.97. The summed E-state index contributed by atoms with van der Waals surface area (Å²) < 4.78 is 10.5. The van der Waals surface area contributed by atoms with Gasteiger partial charge in [-0.3, -0.25) is 29.4 Å². The maximum atomic E-state index is 12.6. The van der Waals surface area contributed by atoms with Crippen molar-refractivity contribution in [1.82, 2.24) is 0 Å². The minimum Gasteiger partial charge on any atom is -0.482 e. The van der Waals surface area contributed by atoms with Crippen molar-refractivity contribution in [3.63, 3.8) is 0 Å². The van der Waals surface area contributed by atoms with Crippen LogP contribution in [-0.4, -0.2) is 41.8 Å². The monoisotopic (exact) mass is 412 g/mol. The molecule has 1 amide bonds. The van der Waals surface area contributed by atoms with Gasteiger partial charge in [0, 0.05) is 17.7 Å². The van der Waals surface area contributed by atoms with Crippen LogP contribution in [0.5, 0.6) is 5.75 Å². The molecule has 0 saturated heterocycles. The van der Waals surface area contributed by atoms with E-state index in [0.29, 0.717) is 5.56 Å². The molecule has 0 bridgehead atoms. The maximum absolute atomic E-state index is 12.6. The number of ether oxygens (including phenoxy) is 2. The molecule has 9 nitrogen and oxygen atoms in total. The van der Waals surface area contributed by atoms with Gasteiger partial charge in [-0.25, -0.2) is 0 Å². The van der Waals surface area contributed by atoms with E-state index in [9.17, 15) is 24.5 Å². The molecule has 0 saturated carbocycles. The highest BCUT2D eigenvalue weighted by atomic mass is 16.6. The van der Waals surface area contributed by atoms with Crippen molar-refractivity contribution < 1.29 is 28.8 Å². The van der Waals surface area contributed by atoms with Gasteiger partial charge in [0.05, 0.1) is 10.6 Å². The molecule has 0 radical (unpaired) electrons. The molecule has 3 rings (SSSR count). The first-order valence-corrected chi connectivity index (χ1v) is 9.20. The number of non-ortho nitro benzene ring substituents is 1. The van der Waals surface area contributed by atoms with Crippen LogP contribution in [0.4, 0.5) is 11.4 Å². The van der Waals surface area contributed by atoms with Gasteiger partial charge in [-0.2, -0.15) is 0 Å². The van der Waals surface area contributed by atoms with E-state index in [0.717, 1.165) is 22.1 Å². The quantitative estimate of drug-likeness (QED) is 0.310. The molecule has 0 N–H and O–H groups in total. The zero-order chi connectivity index (χ0) is 22.0. The minimum absolute atomic E-state index is 0.102. The second kappa shape index (κ2) is 8.32. The highest BCUT2D eigenvalue weighted by molar-refractivity contribution is 6.03. The first-order valence-electron chi connectivity index (χ1n) is 9.20. The lowest BCUT2D eigenvalue weighted by atomic mass is 10.0. The van der Waals surface area contributed by atoms with Crippen LogP contribution in [0.15, 0.2) is 36.4 Å². The number of nitro benzene ring substituents is 1. The van der Waals surface area contributed by atoms with Gasteiger partial charge in [-0.05, 0) is 44.0 Å². The van der Waals surface area contributed by atoms with E-state index < -0.39 is 29.4 Å². The van der Waals surface area contributed by atoms with Crippen LogP contribution in [0.3, 0.4) is 0 Å². The molecule has 9 heteroatoms. The van der Waals surface area contributed by atoms with E-state index in [1.165, 1.54) is 19.1 Å². The Morgan fingerprint density at radius 2 is 1.93 bits per heavy atom. The summed E-state index contributed by atoms with van der Waals surface area (Å²) in [5.74, 6) is -1.48. The summed E-state index contributed by atoms with van der Waals surface area (Å²) in [4.78, 5) is 48.7. The normalized spacial score (nSPS) is 13.8. The van der Waals surface area contributed by atoms with Gasteiger partial charge in [0.2, 0.25) is 5.78 Å². The number of esters is 1. The second-order valence-electron chi connectivity index (χ2n) is 6.97. The molecular weight excluding hydrogens is 392 g/mol. The van der Waals surface area contributed by atoms with Crippen molar-refractivity contribution in [2.45, 2.75) is 26.9 Å². The number of aryl methyl sites for hydroxylation is 2. The number of carbonyl (C=O) groups excluding carboxylic acids is 3. The molecule has 0 aromatic heterocycles. The zero-order valence-electron chi connectivity index (χ0n) is 16.7. The van der Waals surface area contributed by atoms with Crippen LogP contribution in [0.1, 0.15) is 28.4 Å². The van der Waals surface area contributed by atoms with Crippen LogP contribution >= 0.6 is 0 Å². The zero-order valence-corrected chi connectivity index (χ0v) is 16.7. The summed E-state index contributed by atoms with van der Waals surface area (Å²) in [5.41, 5.74) is 2.25. The van der Waals surface area contributed by atoms with Gasteiger partial charge >= 0.3 is 5.97 Å². The van der Waals surface area contributed by atoms with E-state index >= 15 is 0 Å². The topological polar surface area (TPSA) is 116 Å². The van der Waals surface area contributed by atoms with Crippen LogP contribution in [0.2, 0.25) is 0 Å². The highest BCUT2D eigenvalue weighted by Gasteiger charge is 2.30. The highest BCUT2D eigenvalue weighted by Crippen LogP contribution is 2.35. The number of amides is 1. The number of benzene rings is 2. The third-order valence-corrected chi connectivity index (χ3v) is 4.85. The van der Waals surface area contributed by atoms with Crippen LogP contribution in [-0.2, 0) is 14.3 Å². The van der Waals surface area contributed by atoms with Crippen molar-refractivity contribution in [2.24, 2.45) is 0 Å². The van der Waals surface area contributed by atoms with Gasteiger partial charge in [0.1, 0.15) is 12.3 Å². The molecule has 1 atom stereocenters. The van der Waals surface area contributed by atoms with E-state index in [1.807, 2.05) is 19.9 Å². The van der Waals surface area contributed by atoms with E-state index in [-0.39, 0.29) is 29.5 Å². The van der Waals surface area contributed by atoms with Crippen LogP contribution in [0, 0.1) is 24.0 Å². The minimum atomic E-state index is -1.06. The largest absolute Gasteiger partial charge is 0.482 e. The van der Waals surface area contributed by atoms with E-state index in [4.69, 9.17) is 9.47 Å². The third kappa shape index (κ3) is 4.29. The lowest BCUT2D eigenvalue weighted by Gasteiger charge is -2.28. The molecule has 0 spiro atoms. The van der Waals surface area contributed by atoms with Crippen molar-refractivity contribution >= 4 is 29.0 Å². The number of hydrogen-bond donors (Lipinski definition) is 0. The number of Topliss-reactive ketones (excluding diaryl/α,β-unsaturated/α-hetero) is 1. The summed E-state index contributed by atoms with van der Waals surface area (Å²) >= 11 is 0. The molecule has 1 aliphatic heterocycles. The summed E-state index contributed by atoms with van der Waals surface area (Å²) in [6.07, 6.45) is -1.06. The number of carbonyl (C=O) groups is 3. The summed E-state index contributed by atoms with van der Waals surface area (Å²) in [5, 5.41) is 11.0. The number of nitro groups is 1. The Morgan fingerprint density at radius 3 is 2.60 bits per heavy atom. The lowest BCUT2D eigenvalue weighted by molar-refractivity contribution is -0.384. The summed E-state index contributed by atoms with van der Waals surface area (Å²) in [6.45, 7) is 4.45. The number of fused-ring (bicyclic) bond motifs is 1. The van der Waals surface area contributed by atoms with Crippen molar-refractivity contribution in [2.75, 3.05) is 18.1 Å². The van der Waals surface area contributed by atoms with Gasteiger partial charge in [-0.15, -0.1) is 0 Å². The SMILES string of the molecule is Cc1ccc(C(=O)[C@H](C)OC(=O)CN2C(=O)COc3ccc([N+](=O)[O-])cc32)cc1C. The van der Waals surface area contributed by atoms with Crippen LogP contribution < -0.4 is 9.64 Å². The molecule has 0 fully saturated rings. The molecule has 0 unspecified atom stereocenters. The molecule has 30 heavy (non-hydrogen) atoms. The van der Waals surface area contributed by atoms with E-state index in [1.54, 1.807) is 12.1 Å². The first kappa shape index (κ1) is 21.0. The van der Waals surface area contributed by atoms with Crippen molar-refractivity contribution in [3.8, 4) is 5.75 Å². The number of anilines is 1. The summed E-state index contributed by atoms with van der Waals surface area (Å²) in [7, 11) is 0. The van der Waals surface area contributed by atoms with Crippen molar-refractivity contribution in [1.29, 1.82) is 0 Å². The third-order valence-electron chi connectivity index (χ3n) is 4.85. The molecule has 2 aromatic rings. The Hall–Kier alpha value is -3.75. The Morgan fingerprint density at radius 1 is 1.20 bits per heavy atom. The molecular formula is C21H20N2O7. The number of hydrogen-bond acceptors (Lipinski definition) is 7. The lowest BCUT2D eigenvalue weighted by Crippen LogP contribution is -2.43. The molecule has 1 heterocycles. The predicted molar refractivity (Wildman–Crippen MR) is 107 cm³/mol. The molecule has 2 aromatic carbocycles. The van der Waals surface area contributed by atoms with Gasteiger partial charge in [-0.1, -0.05) is 12.1 Å². The fraction of sp³-hybridized carbons (Fsp3) is 0.286. The Labute approximate surface area is 172 Å². The van der Waals surface area contributed by atoms with Crippen molar-refractivity contribution in [3.05, 3.63) is 63.2 Å². The maximum Gasteiger partial charge on any atom is 0.326 e. The Balaban J connectivity index is 1.73. The molecule has 1 aliphatic rings. The average molecular weight is 412 g/mol. The smallest absolute Gasteiger partial charge is 0.326 e. The fourth-order valence-corrected chi connectivity index (χ4v) is 3.02.